The molecule has 3 fully saturated rings. The number of carbonyl (C=O) groups is 6. The van der Waals surface area contributed by atoms with E-state index in [9.17, 15) is 59.5 Å². The number of amidine groups is 3. The molecule has 9 heterocycles. The van der Waals surface area contributed by atoms with Gasteiger partial charge in [0.2, 0.25) is 0 Å². The Labute approximate surface area is 652 Å². The van der Waals surface area contributed by atoms with Crippen molar-refractivity contribution in [2.24, 2.45) is 26.8 Å². The van der Waals surface area contributed by atoms with Crippen molar-refractivity contribution in [1.82, 2.24) is 45.6 Å². The molecule has 12 rings (SSSR count). The second-order valence-electron chi connectivity index (χ2n) is 24.6. The van der Waals surface area contributed by atoms with Gasteiger partial charge >= 0.3 is 35.8 Å². The fourth-order valence-electron chi connectivity index (χ4n) is 12.4. The van der Waals surface area contributed by atoms with Gasteiger partial charge in [0.1, 0.15) is 60.6 Å². The molecule has 6 N–H and O–H groups in total. The van der Waals surface area contributed by atoms with E-state index < -0.39 is 121 Å². The van der Waals surface area contributed by atoms with Crippen LogP contribution >= 0.6 is 77.5 Å². The number of nitrogens with zero attached hydrogens (tertiary/aromatic N) is 9. The molecule has 3 aromatic carbocycles. The Morgan fingerprint density at radius 3 is 1.27 bits per heavy atom. The summed E-state index contributed by atoms with van der Waals surface area (Å²) in [5, 5.41) is 43.1. The number of hydrogen-bond donors (Lipinski definition) is 6. The summed E-state index contributed by atoms with van der Waals surface area (Å²) in [5.41, 5.74) is 3.05. The summed E-state index contributed by atoms with van der Waals surface area (Å²) in [6, 6.07) is 9.23. The van der Waals surface area contributed by atoms with E-state index in [-0.39, 0.29) is 99.6 Å². The second kappa shape index (κ2) is 37.7. The lowest BCUT2D eigenvalue weighted by atomic mass is 9.95. The number of carboxylic acids is 3. The third-order valence-electron chi connectivity index (χ3n) is 17.1. The van der Waals surface area contributed by atoms with E-state index in [1.165, 1.54) is 93.5 Å². The molecule has 0 spiro atoms. The highest BCUT2D eigenvalue weighted by atomic mass is 79.9. The molecule has 109 heavy (non-hydrogen) atoms. The molecule has 38 heteroatoms. The number of aliphatic imine (C=N–C) groups is 3. The van der Waals surface area contributed by atoms with Crippen LogP contribution in [0.3, 0.4) is 0 Å². The van der Waals surface area contributed by atoms with Crippen molar-refractivity contribution in [3.63, 3.8) is 0 Å². The van der Waals surface area contributed by atoms with Crippen LogP contribution in [-0.2, 0) is 47.7 Å². The summed E-state index contributed by atoms with van der Waals surface area (Å²) in [6.07, 6.45) is 5.22. The highest BCUT2D eigenvalue weighted by Crippen LogP contribution is 2.42. The smallest absolute Gasteiger partial charge is 0.338 e. The van der Waals surface area contributed by atoms with Crippen LogP contribution in [0.4, 0.5) is 30.7 Å². The first-order valence-electron chi connectivity index (χ1n) is 33.4. The lowest BCUT2D eigenvalue weighted by molar-refractivity contribution is -0.153. The molecule has 8 atom stereocenters. The normalized spacial score (nSPS) is 22.2. The van der Waals surface area contributed by atoms with Gasteiger partial charge in [0, 0.05) is 148 Å². The maximum absolute atomic E-state index is 14.7. The summed E-state index contributed by atoms with van der Waals surface area (Å²) in [6.45, 7) is 4.22. The zero-order valence-electron chi connectivity index (χ0n) is 57.7. The van der Waals surface area contributed by atoms with Gasteiger partial charge in [0.25, 0.3) is 5.92 Å². The van der Waals surface area contributed by atoms with E-state index in [0.29, 0.717) is 69.6 Å². The van der Waals surface area contributed by atoms with Gasteiger partial charge in [-0.05, 0) is 68.3 Å². The van der Waals surface area contributed by atoms with Crippen LogP contribution in [0.15, 0.2) is 171 Å². The maximum Gasteiger partial charge on any atom is 0.338 e. The summed E-state index contributed by atoms with van der Waals surface area (Å²) in [5.74, 6) is -10.4. The van der Waals surface area contributed by atoms with Gasteiger partial charge < -0.3 is 50.2 Å². The van der Waals surface area contributed by atoms with Gasteiger partial charge in [-0.1, -0.05) is 73.8 Å². The summed E-state index contributed by atoms with van der Waals surface area (Å²) in [7, 11) is 0. The van der Waals surface area contributed by atoms with Crippen LogP contribution in [0.5, 0.6) is 0 Å². The van der Waals surface area contributed by atoms with Gasteiger partial charge in [-0.3, -0.25) is 29.7 Å². The number of nitrogens with one attached hydrogen (secondary N) is 3. The number of esters is 3. The number of hydrogen-bond acceptors (Lipinski definition) is 25. The highest BCUT2D eigenvalue weighted by molar-refractivity contribution is 9.10. The molecule has 6 aromatic rings. The summed E-state index contributed by atoms with van der Waals surface area (Å²) < 4.78 is 122. The third-order valence-corrected chi connectivity index (χ3v) is 21.2. The number of halogens is 10. The minimum Gasteiger partial charge on any atom is -0.480 e. The van der Waals surface area contributed by atoms with Crippen LogP contribution in [0.2, 0.25) is 5.02 Å². The Kier molecular flexibility index (Phi) is 28.5. The molecular formula is C71H68Br2ClF7N12O13S3. The molecule has 578 valence electrons. The van der Waals surface area contributed by atoms with Crippen LogP contribution in [0.1, 0.15) is 70.6 Å². The van der Waals surface area contributed by atoms with Crippen molar-refractivity contribution in [3.05, 3.63) is 211 Å². The average molecular weight is 1720 g/mol. The van der Waals surface area contributed by atoms with Gasteiger partial charge in [-0.15, -0.1) is 34.0 Å². The Hall–Kier alpha value is -8.92. The molecule has 3 aromatic heterocycles. The number of carboxylic acid groups (broad SMARTS) is 3. The lowest BCUT2D eigenvalue weighted by Gasteiger charge is -2.29. The van der Waals surface area contributed by atoms with Crippen molar-refractivity contribution >= 4 is 131 Å². The third kappa shape index (κ3) is 21.2. The molecule has 0 radical (unpaired) electrons. The number of thiazole rings is 3. The van der Waals surface area contributed by atoms with Gasteiger partial charge in [-0.2, -0.15) is 0 Å². The van der Waals surface area contributed by atoms with Crippen molar-refractivity contribution in [1.29, 1.82) is 0 Å². The molecule has 25 nitrogen and oxygen atoms in total. The standard InChI is InChI=1S/C24H23BrF2N4O4S.C24H23ClF2N4O4S.C23H22BrF3N4O5S/c2*1-2-35-24(34)20-18(12-31-10-13(17(27)11-31)3-6-19(32)33)29-22(23-28-7-8-36-23)30-21(20)15-5-4-14(26)9-16(15)25;1-2-35-22(34)18-15(8-31-9-16(23(26,27)11-31)36-10-17(32)33)29-20(21-28-5-6-37-21)30-19(18)13-4-3-12(25)7-14(13)24/h2*3-9,13,17,21H,2,10-12H2,1H3,(H,29,30)(H,32,33);3-7,16,19H,2,8-11H2,1H3,(H,29,30)(H,32,33)/b2*6-3+;/t2*13?,17?,21-;16?,19-/m000/s1. The number of aromatic nitrogens is 3. The van der Waals surface area contributed by atoms with Crippen LogP contribution in [0.25, 0.3) is 0 Å². The van der Waals surface area contributed by atoms with Crippen LogP contribution in [-0.4, -0.2) is 208 Å². The largest absolute Gasteiger partial charge is 0.480 e. The number of ether oxygens (including phenoxy) is 4. The number of carbonyl (C=O) groups excluding carboxylic acids is 3. The van der Waals surface area contributed by atoms with Gasteiger partial charge in [0.05, 0.1) is 43.1 Å². The monoisotopic (exact) mass is 1720 g/mol. The lowest BCUT2D eigenvalue weighted by Crippen LogP contribution is -2.39. The first kappa shape index (κ1) is 82.6. The zero-order chi connectivity index (χ0) is 78.4. The predicted molar refractivity (Wildman–Crippen MR) is 396 cm³/mol. The zero-order valence-corrected chi connectivity index (χ0v) is 64.1. The molecule has 5 unspecified atom stereocenters. The van der Waals surface area contributed by atoms with Crippen molar-refractivity contribution in [3.8, 4) is 0 Å². The van der Waals surface area contributed by atoms with E-state index in [4.69, 9.17) is 55.9 Å². The quantitative estimate of drug-likeness (QED) is 0.0134. The van der Waals surface area contributed by atoms with E-state index in [0.717, 1.165) is 18.2 Å². The van der Waals surface area contributed by atoms with E-state index in [1.807, 2.05) is 0 Å². The molecule has 0 aliphatic carbocycles. The van der Waals surface area contributed by atoms with Crippen molar-refractivity contribution in [2.45, 2.75) is 63.3 Å². The number of alkyl halides is 4. The van der Waals surface area contributed by atoms with E-state index in [2.05, 4.69) is 67.8 Å². The molecular weight excluding hydrogens is 1650 g/mol. The average Bonchev–Trinajstić information content (AvgIpc) is 1.68. The highest BCUT2D eigenvalue weighted by Gasteiger charge is 2.50. The first-order valence-corrected chi connectivity index (χ1v) is 38.0. The molecule has 6 aliphatic rings. The summed E-state index contributed by atoms with van der Waals surface area (Å²) in [4.78, 5) is 104. The number of benzene rings is 3. The molecule has 0 saturated carbocycles. The minimum absolute atomic E-state index is 0.0433. The molecule has 6 aliphatic heterocycles. The van der Waals surface area contributed by atoms with Crippen LogP contribution < -0.4 is 16.0 Å². The molecule has 0 amide bonds. The number of aliphatic carboxylic acids is 3. The van der Waals surface area contributed by atoms with Gasteiger partial charge in [-0.25, -0.2) is 74.5 Å². The van der Waals surface area contributed by atoms with Gasteiger partial charge in [0.15, 0.2) is 32.5 Å². The number of rotatable bonds is 25. The van der Waals surface area contributed by atoms with E-state index in [1.54, 1.807) is 71.4 Å². The Bertz CT molecular complexity index is 4430. The second-order valence-corrected chi connectivity index (χ2v) is 29.4. The van der Waals surface area contributed by atoms with Crippen LogP contribution in [0, 0.1) is 29.3 Å². The fraction of sp³-hybridized carbons (Fsp3) is 0.352. The van der Waals surface area contributed by atoms with Crippen molar-refractivity contribution in [2.75, 3.05) is 85.3 Å². The van der Waals surface area contributed by atoms with E-state index >= 15 is 0 Å². The fourth-order valence-corrected chi connectivity index (χ4v) is 15.6. The van der Waals surface area contributed by atoms with Crippen molar-refractivity contribution < 1.29 is 93.8 Å². The minimum atomic E-state index is -3.31. The molecule has 0 bridgehead atoms. The number of likely N-dealkylation sites (tertiary alicyclic amines) is 3. The Balaban J connectivity index is 0.000000174. The molecule has 3 saturated heterocycles. The topological polar surface area (TPSA) is 322 Å². The first-order chi connectivity index (χ1) is 52.1. The predicted octanol–water partition coefficient (Wildman–Crippen LogP) is 11.0. The Morgan fingerprint density at radius 1 is 0.560 bits per heavy atom. The summed E-state index contributed by atoms with van der Waals surface area (Å²) >= 11 is 17.1. The Morgan fingerprint density at radius 2 is 0.927 bits per heavy atom. The maximum atomic E-state index is 14.7. The SMILES string of the molecule is CCOC(=O)C1=C(CN2CC(F)C(/C=C/C(=O)O)C2)NC(c2nccs2)=N[C@H]1c1ccc(F)cc1Br.CCOC(=O)C1=C(CN2CC(F)C(/C=C/C(=O)O)C2)NC(c2nccs2)=N[C@H]1c1ccc(F)cc1Cl.CCOC(=O)C1=C(CN2CC(OCC(=O)O)C(F)(F)C2)NC(c2nccs2)=N[C@H]1c1ccc(F)cc1Br.